The molecule has 2 aromatic rings. The fourth-order valence-electron chi connectivity index (χ4n) is 3.05. The van der Waals surface area contributed by atoms with Crippen molar-refractivity contribution in [3.05, 3.63) is 58.9 Å². The van der Waals surface area contributed by atoms with Gasteiger partial charge in [-0.15, -0.1) is 0 Å². The first-order chi connectivity index (χ1) is 11.3. The molecule has 126 valence electrons. The maximum Gasteiger partial charge on any atom is 0.246 e. The van der Waals surface area contributed by atoms with Crippen LogP contribution in [0.2, 0.25) is 0 Å². The van der Waals surface area contributed by atoms with E-state index < -0.39 is 0 Å². The van der Waals surface area contributed by atoms with Gasteiger partial charge in [-0.3, -0.25) is 9.48 Å². The molecule has 4 heteroatoms. The number of carbonyl (C=O) groups excluding carboxylic acids is 1. The molecule has 0 saturated carbocycles. The number of aryl methyl sites for hydroxylation is 1. The van der Waals surface area contributed by atoms with Crippen LogP contribution in [0.5, 0.6) is 0 Å². The van der Waals surface area contributed by atoms with Crippen LogP contribution >= 0.6 is 0 Å². The molecule has 1 aromatic carbocycles. The molecular formula is C20H25N3O. The summed E-state index contributed by atoms with van der Waals surface area (Å²) < 4.78 is 2.09. The summed E-state index contributed by atoms with van der Waals surface area (Å²) in [6.07, 6.45) is 6.32. The number of carbonyl (C=O) groups is 1. The third-order valence-corrected chi connectivity index (χ3v) is 4.38. The number of benzene rings is 1. The summed E-state index contributed by atoms with van der Waals surface area (Å²) in [6.45, 7) is 9.91. The number of hydrogen-bond donors (Lipinski definition) is 0. The molecule has 4 nitrogen and oxygen atoms in total. The van der Waals surface area contributed by atoms with Gasteiger partial charge < -0.3 is 4.90 Å². The van der Waals surface area contributed by atoms with Crippen LogP contribution in [0.1, 0.15) is 43.2 Å². The highest BCUT2D eigenvalue weighted by Gasteiger charge is 2.26. The van der Waals surface area contributed by atoms with Crippen molar-refractivity contribution in [1.82, 2.24) is 14.7 Å². The van der Waals surface area contributed by atoms with Crippen LogP contribution in [0.3, 0.4) is 0 Å². The number of fused-ring (bicyclic) bond motifs is 1. The Kier molecular flexibility index (Phi) is 4.31. The molecule has 0 spiro atoms. The van der Waals surface area contributed by atoms with Crippen molar-refractivity contribution in [2.75, 3.05) is 6.54 Å². The smallest absolute Gasteiger partial charge is 0.246 e. The lowest BCUT2D eigenvalue weighted by Crippen LogP contribution is -2.36. The minimum absolute atomic E-state index is 0.0227. The van der Waals surface area contributed by atoms with E-state index in [0.717, 1.165) is 24.1 Å². The van der Waals surface area contributed by atoms with E-state index in [4.69, 9.17) is 0 Å². The Morgan fingerprint density at radius 1 is 1.21 bits per heavy atom. The lowest BCUT2D eigenvalue weighted by Gasteiger charge is -2.29. The summed E-state index contributed by atoms with van der Waals surface area (Å²) in [5.41, 5.74) is 4.66. The van der Waals surface area contributed by atoms with E-state index in [9.17, 15) is 4.79 Å². The van der Waals surface area contributed by atoms with E-state index >= 15 is 0 Å². The lowest BCUT2D eigenvalue weighted by molar-refractivity contribution is -0.126. The quantitative estimate of drug-likeness (QED) is 0.793. The van der Waals surface area contributed by atoms with Gasteiger partial charge in [-0.1, -0.05) is 29.8 Å². The molecule has 3 rings (SSSR count). The van der Waals surface area contributed by atoms with Gasteiger partial charge in [-0.05, 0) is 39.3 Å². The Hall–Kier alpha value is -2.36. The molecule has 1 amide bonds. The fraction of sp³-hybridized carbons (Fsp3) is 0.400. The van der Waals surface area contributed by atoms with Crippen molar-refractivity contribution >= 4 is 12.0 Å². The van der Waals surface area contributed by atoms with Gasteiger partial charge in [0.2, 0.25) is 5.91 Å². The molecular weight excluding hydrogens is 298 g/mol. The highest BCUT2D eigenvalue weighted by atomic mass is 16.2. The van der Waals surface area contributed by atoms with Crippen LogP contribution in [-0.2, 0) is 23.3 Å². The summed E-state index contributed by atoms with van der Waals surface area (Å²) in [5.74, 6) is 0.0599. The van der Waals surface area contributed by atoms with Gasteiger partial charge in [0.25, 0.3) is 0 Å². The molecule has 0 saturated heterocycles. The molecule has 1 aliphatic rings. The Balaban J connectivity index is 1.70. The van der Waals surface area contributed by atoms with Crippen LogP contribution in [0.4, 0.5) is 0 Å². The topological polar surface area (TPSA) is 38.1 Å². The minimum Gasteiger partial charge on any atom is -0.334 e. The molecule has 1 aromatic heterocycles. The van der Waals surface area contributed by atoms with E-state index in [2.05, 4.69) is 49.6 Å². The van der Waals surface area contributed by atoms with Gasteiger partial charge in [0.05, 0.1) is 11.7 Å². The molecule has 0 atom stereocenters. The van der Waals surface area contributed by atoms with E-state index in [1.807, 2.05) is 29.3 Å². The van der Waals surface area contributed by atoms with Crippen molar-refractivity contribution < 1.29 is 4.79 Å². The summed E-state index contributed by atoms with van der Waals surface area (Å²) in [4.78, 5) is 14.4. The van der Waals surface area contributed by atoms with Crippen molar-refractivity contribution in [2.45, 2.75) is 46.2 Å². The molecule has 1 aliphatic heterocycles. The van der Waals surface area contributed by atoms with Crippen LogP contribution in [0.15, 0.2) is 36.5 Å². The van der Waals surface area contributed by atoms with Crippen LogP contribution in [-0.4, -0.2) is 27.1 Å². The molecule has 0 radical (unpaired) electrons. The Morgan fingerprint density at radius 3 is 2.58 bits per heavy atom. The monoisotopic (exact) mass is 323 g/mol. The Bertz CT molecular complexity index is 763. The first kappa shape index (κ1) is 16.5. The molecule has 0 bridgehead atoms. The zero-order valence-corrected chi connectivity index (χ0v) is 14.9. The fourth-order valence-corrected chi connectivity index (χ4v) is 3.05. The van der Waals surface area contributed by atoms with Crippen molar-refractivity contribution in [3.8, 4) is 0 Å². The van der Waals surface area contributed by atoms with Gasteiger partial charge in [-0.25, -0.2) is 0 Å². The number of aromatic nitrogens is 2. The molecule has 24 heavy (non-hydrogen) atoms. The maximum absolute atomic E-state index is 12.5. The summed E-state index contributed by atoms with van der Waals surface area (Å²) in [5, 5.41) is 4.53. The Labute approximate surface area is 143 Å². The van der Waals surface area contributed by atoms with Crippen LogP contribution in [0.25, 0.3) is 6.08 Å². The van der Waals surface area contributed by atoms with Gasteiger partial charge in [-0.2, -0.15) is 5.10 Å². The molecule has 0 unspecified atom stereocenters. The second-order valence-corrected chi connectivity index (χ2v) is 7.45. The number of nitrogens with zero attached hydrogens (tertiary/aromatic N) is 3. The minimum atomic E-state index is -0.0227. The third kappa shape index (κ3) is 3.42. The zero-order chi connectivity index (χ0) is 17.3. The average molecular weight is 323 g/mol. The van der Waals surface area contributed by atoms with E-state index in [0.29, 0.717) is 6.54 Å². The third-order valence-electron chi connectivity index (χ3n) is 4.38. The first-order valence-corrected chi connectivity index (χ1v) is 8.44. The van der Waals surface area contributed by atoms with Gasteiger partial charge >= 0.3 is 0 Å². The average Bonchev–Trinajstić information content (AvgIpc) is 2.97. The second-order valence-electron chi connectivity index (χ2n) is 7.45. The largest absolute Gasteiger partial charge is 0.334 e. The lowest BCUT2D eigenvalue weighted by atomic mass is 10.0. The van der Waals surface area contributed by atoms with Gasteiger partial charge in [0.1, 0.15) is 0 Å². The van der Waals surface area contributed by atoms with E-state index in [1.165, 1.54) is 11.3 Å². The molecule has 0 N–H and O–H groups in total. The number of rotatable bonds is 2. The SMILES string of the molecule is Cc1ccc(/C=C/C(=O)N2CCc3c(cnn3C(C)(C)C)C2)cc1. The Morgan fingerprint density at radius 2 is 1.92 bits per heavy atom. The van der Waals surface area contributed by atoms with E-state index in [1.54, 1.807) is 6.08 Å². The number of hydrogen-bond acceptors (Lipinski definition) is 2. The predicted octanol–water partition coefficient (Wildman–Crippen LogP) is 3.54. The summed E-state index contributed by atoms with van der Waals surface area (Å²) in [6, 6.07) is 8.16. The molecule has 2 heterocycles. The first-order valence-electron chi connectivity index (χ1n) is 8.44. The highest BCUT2D eigenvalue weighted by Crippen LogP contribution is 2.24. The molecule has 0 aliphatic carbocycles. The van der Waals surface area contributed by atoms with Crippen molar-refractivity contribution in [1.29, 1.82) is 0 Å². The zero-order valence-electron chi connectivity index (χ0n) is 14.9. The summed E-state index contributed by atoms with van der Waals surface area (Å²) >= 11 is 0. The highest BCUT2D eigenvalue weighted by molar-refractivity contribution is 5.91. The number of amides is 1. The van der Waals surface area contributed by atoms with Gasteiger partial charge in [0, 0.05) is 36.8 Å². The molecule has 0 fully saturated rings. The van der Waals surface area contributed by atoms with E-state index in [-0.39, 0.29) is 11.4 Å². The van der Waals surface area contributed by atoms with Crippen LogP contribution in [0, 0.1) is 6.92 Å². The summed E-state index contributed by atoms with van der Waals surface area (Å²) in [7, 11) is 0. The van der Waals surface area contributed by atoms with Crippen LogP contribution < -0.4 is 0 Å². The maximum atomic E-state index is 12.5. The van der Waals surface area contributed by atoms with Gasteiger partial charge in [0.15, 0.2) is 0 Å². The normalized spacial score (nSPS) is 14.9. The predicted molar refractivity (Wildman–Crippen MR) is 96.6 cm³/mol. The standard InChI is InChI=1S/C20H25N3O/c1-15-5-7-16(8-6-15)9-10-19(24)22-12-11-18-17(14-22)13-21-23(18)20(2,3)4/h5-10,13H,11-12,14H2,1-4H3/b10-9+. The van der Waals surface area contributed by atoms with Crippen molar-refractivity contribution in [3.63, 3.8) is 0 Å². The van der Waals surface area contributed by atoms with Crippen molar-refractivity contribution in [2.24, 2.45) is 0 Å². The second kappa shape index (κ2) is 6.27.